The molecule has 2 rings (SSSR count). The first kappa shape index (κ1) is 19.1. The summed E-state index contributed by atoms with van der Waals surface area (Å²) in [4.78, 5) is 0. The van der Waals surface area contributed by atoms with Crippen LogP contribution in [-0.2, 0) is 13.2 Å². The van der Waals surface area contributed by atoms with E-state index in [0.717, 1.165) is 4.57 Å². The van der Waals surface area contributed by atoms with Gasteiger partial charge in [-0.15, -0.1) is 0 Å². The van der Waals surface area contributed by atoms with E-state index in [4.69, 9.17) is 17.3 Å². The number of alkyl halides is 3. The molecule has 0 fully saturated rings. The zero-order chi connectivity index (χ0) is 18.0. The molecule has 1 aromatic heterocycles. The van der Waals surface area contributed by atoms with Crippen LogP contribution in [0.3, 0.4) is 0 Å². The third kappa shape index (κ3) is 5.66. The second-order valence-electron chi connectivity index (χ2n) is 4.18. The Hall–Kier alpha value is -1.91. The minimum absolute atomic E-state index is 0.166. The first-order valence-electron chi connectivity index (χ1n) is 5.79. The largest absolute Gasteiger partial charge is 0.673 e. The molecular formula is C11H9BClF7N2O. The molecular weight excluding hydrogens is 355 g/mol. The van der Waals surface area contributed by atoms with Crippen LogP contribution in [0.25, 0.3) is 11.3 Å². The highest BCUT2D eigenvalue weighted by Crippen LogP contribution is 2.33. The summed E-state index contributed by atoms with van der Waals surface area (Å²) >= 11 is 5.72. The molecule has 0 unspecified atom stereocenters. The Morgan fingerprint density at radius 2 is 1.52 bits per heavy atom. The number of nitrogens with two attached hydrogens (primary N) is 1. The van der Waals surface area contributed by atoms with Gasteiger partial charge in [0.25, 0.3) is 11.6 Å². The van der Waals surface area contributed by atoms with Gasteiger partial charge in [0.05, 0.1) is 5.56 Å². The summed E-state index contributed by atoms with van der Waals surface area (Å²) in [5.41, 5.74) is 6.15. The standard InChI is InChI=1S/C11H9ClF3N2O.BF4/c1-17-8(6-2-4-7(12)5-3-6)9(16)18-10(17)11(13,14)15;2-1(3,4)5/h2-5H,16H2,1H3;/q+1;-1. The molecule has 0 aliphatic heterocycles. The summed E-state index contributed by atoms with van der Waals surface area (Å²) in [7, 11) is -4.76. The lowest BCUT2D eigenvalue weighted by molar-refractivity contribution is -0.685. The zero-order valence-corrected chi connectivity index (χ0v) is 12.1. The third-order valence-corrected chi connectivity index (χ3v) is 2.69. The fourth-order valence-electron chi connectivity index (χ4n) is 1.68. The highest BCUT2D eigenvalue weighted by Gasteiger charge is 2.47. The predicted octanol–water partition coefficient (Wildman–Crippen LogP) is 4.33. The topological polar surface area (TPSA) is 43.0 Å². The van der Waals surface area contributed by atoms with Crippen molar-refractivity contribution in [1.82, 2.24) is 0 Å². The maximum absolute atomic E-state index is 12.6. The maximum Gasteiger partial charge on any atom is 0.673 e. The molecule has 0 saturated carbocycles. The molecule has 0 aliphatic rings. The molecule has 2 aromatic rings. The van der Waals surface area contributed by atoms with Crippen LogP contribution in [0.4, 0.5) is 36.3 Å². The van der Waals surface area contributed by atoms with Crippen LogP contribution in [0.5, 0.6) is 0 Å². The molecule has 128 valence electrons. The molecule has 23 heavy (non-hydrogen) atoms. The van der Waals surface area contributed by atoms with Crippen molar-refractivity contribution in [3.63, 3.8) is 0 Å². The summed E-state index contributed by atoms with van der Waals surface area (Å²) < 4.78 is 82.3. The van der Waals surface area contributed by atoms with Crippen LogP contribution < -0.4 is 10.3 Å². The molecule has 0 bridgehead atoms. The molecule has 0 spiro atoms. The van der Waals surface area contributed by atoms with Crippen LogP contribution in [0.15, 0.2) is 28.7 Å². The zero-order valence-electron chi connectivity index (χ0n) is 11.3. The van der Waals surface area contributed by atoms with Gasteiger partial charge in [-0.2, -0.15) is 17.7 Å². The van der Waals surface area contributed by atoms with E-state index in [1.54, 1.807) is 24.3 Å². The van der Waals surface area contributed by atoms with Crippen molar-refractivity contribution in [3.05, 3.63) is 35.2 Å². The normalized spacial score (nSPS) is 11.9. The van der Waals surface area contributed by atoms with Gasteiger partial charge in [-0.1, -0.05) is 11.6 Å². The number of rotatable bonds is 1. The lowest BCUT2D eigenvalue weighted by Crippen LogP contribution is -2.37. The van der Waals surface area contributed by atoms with Crippen molar-refractivity contribution in [2.75, 3.05) is 5.73 Å². The van der Waals surface area contributed by atoms with Gasteiger partial charge in [0.1, 0.15) is 7.05 Å². The smallest absolute Gasteiger partial charge is 0.418 e. The lowest BCUT2D eigenvalue weighted by atomic mass is 10.1. The van der Waals surface area contributed by atoms with E-state index in [0.29, 0.717) is 10.6 Å². The molecule has 3 nitrogen and oxygen atoms in total. The Bertz CT molecular complexity index is 661. The van der Waals surface area contributed by atoms with E-state index in [1.165, 1.54) is 7.05 Å². The first-order valence-corrected chi connectivity index (χ1v) is 6.17. The van der Waals surface area contributed by atoms with Crippen molar-refractivity contribution < 1.29 is 39.4 Å². The minimum Gasteiger partial charge on any atom is -0.418 e. The fourth-order valence-corrected chi connectivity index (χ4v) is 1.81. The second kappa shape index (κ2) is 6.69. The Morgan fingerprint density at radius 3 is 1.87 bits per heavy atom. The SMILES string of the molecule is C[n+]1c(C(F)(F)F)oc(N)c1-c1ccc(Cl)cc1.F[B-](F)(F)F. The van der Waals surface area contributed by atoms with E-state index in [9.17, 15) is 30.4 Å². The van der Waals surface area contributed by atoms with Gasteiger partial charge in [-0.25, -0.2) is 0 Å². The van der Waals surface area contributed by atoms with Gasteiger partial charge in [0.2, 0.25) is 0 Å². The van der Waals surface area contributed by atoms with Crippen LogP contribution >= 0.6 is 11.6 Å². The Kier molecular flexibility index (Phi) is 5.57. The number of hydrogen-bond acceptors (Lipinski definition) is 2. The number of halogens is 8. The Labute approximate surface area is 130 Å². The van der Waals surface area contributed by atoms with Gasteiger partial charge in [0, 0.05) is 5.02 Å². The molecule has 0 aliphatic carbocycles. The van der Waals surface area contributed by atoms with Gasteiger partial charge in [-0.3, -0.25) is 0 Å². The lowest BCUT2D eigenvalue weighted by Gasteiger charge is -1.98. The van der Waals surface area contributed by atoms with Crippen LogP contribution in [0.2, 0.25) is 5.02 Å². The minimum atomic E-state index is -6.00. The summed E-state index contributed by atoms with van der Waals surface area (Å²) in [5.74, 6) is -1.43. The summed E-state index contributed by atoms with van der Waals surface area (Å²) in [6.45, 7) is 0. The van der Waals surface area contributed by atoms with Crippen molar-refractivity contribution in [2.24, 2.45) is 7.05 Å². The number of hydrogen-bond donors (Lipinski definition) is 1. The average molecular weight is 364 g/mol. The van der Waals surface area contributed by atoms with E-state index in [1.807, 2.05) is 0 Å². The molecule has 0 saturated heterocycles. The van der Waals surface area contributed by atoms with Crippen LogP contribution in [0.1, 0.15) is 5.89 Å². The quantitative estimate of drug-likeness (QED) is 0.465. The molecule has 2 N–H and O–H groups in total. The molecule has 1 heterocycles. The number of benzene rings is 1. The Balaban J connectivity index is 0.000000463. The van der Waals surface area contributed by atoms with Gasteiger partial charge < -0.3 is 27.4 Å². The fraction of sp³-hybridized carbons (Fsp3) is 0.182. The van der Waals surface area contributed by atoms with Gasteiger partial charge in [0.15, 0.2) is 0 Å². The van der Waals surface area contributed by atoms with Gasteiger partial charge in [-0.05, 0) is 24.3 Å². The monoisotopic (exact) mass is 364 g/mol. The molecule has 12 heteroatoms. The number of nitrogens with zero attached hydrogens (tertiary/aromatic N) is 1. The van der Waals surface area contributed by atoms with E-state index in [-0.39, 0.29) is 11.6 Å². The highest BCUT2D eigenvalue weighted by atomic mass is 35.5. The van der Waals surface area contributed by atoms with E-state index in [2.05, 4.69) is 4.42 Å². The van der Waals surface area contributed by atoms with Crippen molar-refractivity contribution in [1.29, 1.82) is 0 Å². The van der Waals surface area contributed by atoms with Crippen molar-refractivity contribution >= 4 is 24.7 Å². The van der Waals surface area contributed by atoms with E-state index < -0.39 is 19.3 Å². The van der Waals surface area contributed by atoms with Crippen LogP contribution in [-0.4, -0.2) is 7.25 Å². The predicted molar refractivity (Wildman–Crippen MR) is 69.9 cm³/mol. The van der Waals surface area contributed by atoms with E-state index >= 15 is 0 Å². The average Bonchev–Trinajstić information content (AvgIpc) is 2.64. The number of aromatic nitrogens is 1. The number of oxazole rings is 1. The molecule has 0 radical (unpaired) electrons. The second-order valence-corrected chi connectivity index (χ2v) is 4.62. The maximum atomic E-state index is 12.6. The number of nitrogen functional groups attached to an aromatic ring is 1. The molecule has 0 atom stereocenters. The molecule has 0 amide bonds. The first-order chi connectivity index (χ1) is 10.3. The number of anilines is 1. The summed E-state index contributed by atoms with van der Waals surface area (Å²) in [5, 5.41) is 0.486. The van der Waals surface area contributed by atoms with Crippen molar-refractivity contribution in [2.45, 2.75) is 6.18 Å². The Morgan fingerprint density at radius 1 is 1.09 bits per heavy atom. The van der Waals surface area contributed by atoms with Crippen LogP contribution in [0, 0.1) is 0 Å². The summed E-state index contributed by atoms with van der Waals surface area (Å²) in [6.07, 6.45) is -4.59. The molecule has 1 aromatic carbocycles. The highest BCUT2D eigenvalue weighted by molar-refractivity contribution is 6.50. The van der Waals surface area contributed by atoms with Crippen molar-refractivity contribution in [3.8, 4) is 11.3 Å². The summed E-state index contributed by atoms with van der Waals surface area (Å²) in [6, 6.07) is 6.28. The third-order valence-electron chi connectivity index (χ3n) is 2.44. The van der Waals surface area contributed by atoms with Gasteiger partial charge >= 0.3 is 19.3 Å².